The number of hydrogen-bond acceptors (Lipinski definition) is 1. The molecule has 0 aromatic heterocycles. The van der Waals surface area contributed by atoms with E-state index in [4.69, 9.17) is 5.11 Å². The lowest BCUT2D eigenvalue weighted by Crippen LogP contribution is -1.92. The first kappa shape index (κ1) is 18.6. The number of hydrogen-bond donors (Lipinski definition) is 1. The lowest BCUT2D eigenvalue weighted by Gasteiger charge is -1.92. The third-order valence-corrected chi connectivity index (χ3v) is 2.95. The van der Waals surface area contributed by atoms with Gasteiger partial charge < -0.3 is 5.11 Å². The molecule has 0 aliphatic heterocycles. The van der Waals surface area contributed by atoms with Crippen molar-refractivity contribution in [2.24, 2.45) is 0 Å². The Balaban J connectivity index is 3.27. The standard InChI is InChI=1S/C18H28O2/c1-2-3-4-5-6-7-8-9-10-11-12-13-14-15-16-17-18(19)20/h2-6,9-11,14-17H2,1H3,(H,19,20). The van der Waals surface area contributed by atoms with Gasteiger partial charge in [0.05, 0.1) is 0 Å². The Morgan fingerprint density at radius 2 is 1.25 bits per heavy atom. The molecule has 0 aliphatic rings. The van der Waals surface area contributed by atoms with Crippen LogP contribution >= 0.6 is 0 Å². The third kappa shape index (κ3) is 16.6. The van der Waals surface area contributed by atoms with E-state index in [-0.39, 0.29) is 6.42 Å². The fourth-order valence-electron chi connectivity index (χ4n) is 1.75. The van der Waals surface area contributed by atoms with E-state index in [1.54, 1.807) is 0 Å². The summed E-state index contributed by atoms with van der Waals surface area (Å²) in [4.78, 5) is 10.3. The molecule has 0 unspecified atom stereocenters. The number of rotatable bonds is 10. The number of carboxylic acid groups (broad SMARTS) is 1. The van der Waals surface area contributed by atoms with Gasteiger partial charge in [0.2, 0.25) is 0 Å². The highest BCUT2D eigenvalue weighted by Gasteiger charge is 1.94. The minimum Gasteiger partial charge on any atom is -0.481 e. The van der Waals surface area contributed by atoms with Crippen molar-refractivity contribution in [2.75, 3.05) is 0 Å². The number of carboxylic acids is 1. The van der Waals surface area contributed by atoms with Gasteiger partial charge in [-0.2, -0.15) is 0 Å². The largest absolute Gasteiger partial charge is 0.481 e. The molecule has 0 rings (SSSR count). The summed E-state index contributed by atoms with van der Waals surface area (Å²) in [6, 6.07) is 0. The van der Waals surface area contributed by atoms with Crippen molar-refractivity contribution in [1.82, 2.24) is 0 Å². The predicted octanol–water partition coefficient (Wildman–Crippen LogP) is 4.78. The summed E-state index contributed by atoms with van der Waals surface area (Å²) in [7, 11) is 0. The molecule has 0 aromatic carbocycles. The lowest BCUT2D eigenvalue weighted by molar-refractivity contribution is -0.137. The Labute approximate surface area is 124 Å². The van der Waals surface area contributed by atoms with Crippen LogP contribution in [0, 0.1) is 23.7 Å². The Morgan fingerprint density at radius 1 is 0.750 bits per heavy atom. The van der Waals surface area contributed by atoms with Crippen LogP contribution < -0.4 is 0 Å². The molecule has 2 nitrogen and oxygen atoms in total. The van der Waals surface area contributed by atoms with Gasteiger partial charge in [-0.1, -0.05) is 26.2 Å². The molecule has 0 aromatic rings. The van der Waals surface area contributed by atoms with Crippen LogP contribution in [0.4, 0.5) is 0 Å². The second kappa shape index (κ2) is 15.6. The summed E-state index contributed by atoms with van der Waals surface area (Å²) in [6.07, 6.45) is 11.8. The molecular weight excluding hydrogens is 248 g/mol. The topological polar surface area (TPSA) is 37.3 Å². The number of carbonyl (C=O) groups is 1. The summed E-state index contributed by atoms with van der Waals surface area (Å²) in [6.45, 7) is 2.22. The fourth-order valence-corrected chi connectivity index (χ4v) is 1.75. The number of aliphatic carboxylic acids is 1. The van der Waals surface area contributed by atoms with E-state index in [1.165, 1.54) is 25.7 Å². The Hall–Kier alpha value is -1.41. The van der Waals surface area contributed by atoms with Crippen LogP contribution in [0.2, 0.25) is 0 Å². The zero-order valence-electron chi connectivity index (χ0n) is 12.8. The molecule has 0 bridgehead atoms. The maximum atomic E-state index is 10.3. The van der Waals surface area contributed by atoms with E-state index < -0.39 is 5.97 Å². The van der Waals surface area contributed by atoms with Crippen LogP contribution in [0.25, 0.3) is 0 Å². The summed E-state index contributed by atoms with van der Waals surface area (Å²) in [5.74, 6) is 11.9. The molecule has 20 heavy (non-hydrogen) atoms. The molecule has 0 saturated heterocycles. The van der Waals surface area contributed by atoms with Gasteiger partial charge in [0.1, 0.15) is 0 Å². The summed E-state index contributed by atoms with van der Waals surface area (Å²) < 4.78 is 0. The second-order valence-corrected chi connectivity index (χ2v) is 4.97. The fraction of sp³-hybridized carbons (Fsp3) is 0.722. The van der Waals surface area contributed by atoms with E-state index in [1.807, 2.05) is 0 Å². The Bertz CT molecular complexity index is 349. The highest BCUT2D eigenvalue weighted by Crippen LogP contribution is 2.01. The first-order chi connectivity index (χ1) is 9.77. The van der Waals surface area contributed by atoms with Crippen molar-refractivity contribution in [3.63, 3.8) is 0 Å². The van der Waals surface area contributed by atoms with E-state index in [2.05, 4.69) is 30.6 Å². The van der Waals surface area contributed by atoms with Gasteiger partial charge in [-0.05, 0) is 25.7 Å². The number of unbranched alkanes of at least 4 members (excludes halogenated alkanes) is 8. The molecule has 0 amide bonds. The van der Waals surface area contributed by atoms with Crippen LogP contribution in [0.3, 0.4) is 0 Å². The average Bonchev–Trinajstić information content (AvgIpc) is 2.43. The molecular formula is C18H28O2. The van der Waals surface area contributed by atoms with Gasteiger partial charge in [-0.3, -0.25) is 4.79 Å². The molecule has 0 saturated carbocycles. The summed E-state index contributed by atoms with van der Waals surface area (Å²) in [5, 5.41) is 8.47. The molecule has 0 radical (unpaired) electrons. The zero-order chi connectivity index (χ0) is 14.9. The predicted molar refractivity (Wildman–Crippen MR) is 84.3 cm³/mol. The first-order valence-electron chi connectivity index (χ1n) is 7.90. The van der Waals surface area contributed by atoms with Crippen LogP contribution in [0.5, 0.6) is 0 Å². The summed E-state index contributed by atoms with van der Waals surface area (Å²) in [5.41, 5.74) is 0. The maximum absolute atomic E-state index is 10.3. The van der Waals surface area contributed by atoms with Crippen LogP contribution in [-0.2, 0) is 4.79 Å². The molecule has 1 N–H and O–H groups in total. The maximum Gasteiger partial charge on any atom is 0.303 e. The van der Waals surface area contributed by atoms with E-state index in [9.17, 15) is 4.79 Å². The van der Waals surface area contributed by atoms with Crippen LogP contribution in [-0.4, -0.2) is 11.1 Å². The molecule has 0 heterocycles. The smallest absolute Gasteiger partial charge is 0.303 e. The van der Waals surface area contributed by atoms with Crippen molar-refractivity contribution in [3.05, 3.63) is 0 Å². The molecule has 0 atom stereocenters. The molecule has 0 spiro atoms. The van der Waals surface area contributed by atoms with Crippen molar-refractivity contribution < 1.29 is 9.90 Å². The van der Waals surface area contributed by atoms with Gasteiger partial charge in [0.25, 0.3) is 0 Å². The Kier molecular flexibility index (Phi) is 14.5. The van der Waals surface area contributed by atoms with Crippen molar-refractivity contribution in [1.29, 1.82) is 0 Å². The SMILES string of the molecule is CCCCCCC#CCCCC#CCCCCC(=O)O. The van der Waals surface area contributed by atoms with E-state index >= 15 is 0 Å². The molecule has 2 heteroatoms. The third-order valence-electron chi connectivity index (χ3n) is 2.95. The van der Waals surface area contributed by atoms with Gasteiger partial charge in [0, 0.05) is 32.1 Å². The monoisotopic (exact) mass is 276 g/mol. The highest BCUT2D eigenvalue weighted by atomic mass is 16.4. The highest BCUT2D eigenvalue weighted by molar-refractivity contribution is 5.66. The van der Waals surface area contributed by atoms with E-state index in [0.717, 1.165) is 44.9 Å². The van der Waals surface area contributed by atoms with E-state index in [0.29, 0.717) is 0 Å². The second-order valence-electron chi connectivity index (χ2n) is 4.97. The zero-order valence-corrected chi connectivity index (χ0v) is 12.8. The minimum absolute atomic E-state index is 0.259. The van der Waals surface area contributed by atoms with Crippen molar-refractivity contribution in [2.45, 2.75) is 84.0 Å². The molecule has 0 aliphatic carbocycles. The lowest BCUT2D eigenvalue weighted by atomic mass is 10.1. The minimum atomic E-state index is -0.716. The van der Waals surface area contributed by atoms with Crippen molar-refractivity contribution in [3.8, 4) is 23.7 Å². The Morgan fingerprint density at radius 3 is 1.75 bits per heavy atom. The average molecular weight is 276 g/mol. The van der Waals surface area contributed by atoms with Gasteiger partial charge >= 0.3 is 5.97 Å². The molecule has 112 valence electrons. The van der Waals surface area contributed by atoms with Crippen LogP contribution in [0.1, 0.15) is 84.0 Å². The van der Waals surface area contributed by atoms with Crippen molar-refractivity contribution >= 4 is 5.97 Å². The molecule has 0 fully saturated rings. The van der Waals surface area contributed by atoms with Gasteiger partial charge in [0.15, 0.2) is 0 Å². The first-order valence-corrected chi connectivity index (χ1v) is 7.90. The normalized spacial score (nSPS) is 9.25. The van der Waals surface area contributed by atoms with Crippen LogP contribution in [0.15, 0.2) is 0 Å². The summed E-state index contributed by atoms with van der Waals surface area (Å²) >= 11 is 0. The van der Waals surface area contributed by atoms with Gasteiger partial charge in [-0.25, -0.2) is 0 Å². The quantitative estimate of drug-likeness (QED) is 0.460. The van der Waals surface area contributed by atoms with Gasteiger partial charge in [-0.15, -0.1) is 23.7 Å².